The van der Waals surface area contributed by atoms with Crippen molar-refractivity contribution in [2.24, 2.45) is 0 Å². The Bertz CT molecular complexity index is 885. The first-order valence-electron chi connectivity index (χ1n) is 10.8. The van der Waals surface area contributed by atoms with Crippen molar-refractivity contribution >= 4 is 17.5 Å². The molecule has 1 aliphatic heterocycles. The summed E-state index contributed by atoms with van der Waals surface area (Å²) in [5.41, 5.74) is 1.53. The van der Waals surface area contributed by atoms with E-state index in [4.69, 9.17) is 30.5 Å². The van der Waals surface area contributed by atoms with Crippen LogP contribution < -0.4 is 19.5 Å². The summed E-state index contributed by atoms with van der Waals surface area (Å²) >= 11 is 6.38. The van der Waals surface area contributed by atoms with Crippen molar-refractivity contribution in [1.82, 2.24) is 10.2 Å². The van der Waals surface area contributed by atoms with Crippen LogP contribution in [0.3, 0.4) is 0 Å². The number of ether oxygens (including phenoxy) is 4. The Morgan fingerprint density at radius 2 is 1.88 bits per heavy atom. The van der Waals surface area contributed by atoms with Gasteiger partial charge in [-0.15, -0.1) is 0 Å². The van der Waals surface area contributed by atoms with E-state index in [1.807, 2.05) is 31.2 Å². The minimum atomic E-state index is -0.223. The highest BCUT2D eigenvalue weighted by Crippen LogP contribution is 2.36. The molecular weight excluding hydrogens is 432 g/mol. The van der Waals surface area contributed by atoms with E-state index in [-0.39, 0.29) is 11.9 Å². The van der Waals surface area contributed by atoms with E-state index in [0.717, 1.165) is 30.8 Å². The van der Waals surface area contributed by atoms with Crippen LogP contribution in [-0.2, 0) is 4.74 Å². The van der Waals surface area contributed by atoms with E-state index in [1.54, 1.807) is 19.2 Å². The molecule has 0 spiro atoms. The molecule has 174 valence electrons. The van der Waals surface area contributed by atoms with Crippen LogP contribution in [0.4, 0.5) is 0 Å². The van der Waals surface area contributed by atoms with Gasteiger partial charge in [0, 0.05) is 25.2 Å². The number of carbonyl (C=O) groups is 1. The summed E-state index contributed by atoms with van der Waals surface area (Å²) in [6, 6.07) is 11.2. The zero-order chi connectivity index (χ0) is 22.9. The molecule has 1 atom stereocenters. The molecule has 32 heavy (non-hydrogen) atoms. The van der Waals surface area contributed by atoms with E-state index >= 15 is 0 Å². The van der Waals surface area contributed by atoms with E-state index in [2.05, 4.69) is 10.2 Å². The quantitative estimate of drug-likeness (QED) is 0.576. The van der Waals surface area contributed by atoms with Crippen molar-refractivity contribution < 1.29 is 23.7 Å². The minimum Gasteiger partial charge on any atom is -0.497 e. The first-order valence-corrected chi connectivity index (χ1v) is 11.2. The summed E-state index contributed by atoms with van der Waals surface area (Å²) < 4.78 is 21.9. The number of hydrogen-bond acceptors (Lipinski definition) is 6. The van der Waals surface area contributed by atoms with Crippen molar-refractivity contribution in [2.45, 2.75) is 19.4 Å². The Hall–Kier alpha value is -2.48. The Morgan fingerprint density at radius 3 is 2.50 bits per heavy atom. The molecule has 2 aromatic rings. The molecule has 7 nitrogen and oxygen atoms in total. The van der Waals surface area contributed by atoms with Crippen molar-refractivity contribution in [3.8, 4) is 17.2 Å². The van der Waals surface area contributed by atoms with Crippen molar-refractivity contribution in [3.63, 3.8) is 0 Å². The predicted molar refractivity (Wildman–Crippen MR) is 124 cm³/mol. The number of amides is 1. The van der Waals surface area contributed by atoms with E-state index < -0.39 is 0 Å². The lowest BCUT2D eigenvalue weighted by molar-refractivity contribution is 0.0162. The molecule has 0 bridgehead atoms. The summed E-state index contributed by atoms with van der Waals surface area (Å²) in [6.07, 6.45) is 0.843. The molecule has 1 aliphatic rings. The van der Waals surface area contributed by atoms with Crippen LogP contribution in [0.5, 0.6) is 17.2 Å². The van der Waals surface area contributed by atoms with Gasteiger partial charge in [-0.1, -0.05) is 30.7 Å². The van der Waals surface area contributed by atoms with E-state index in [1.165, 1.54) is 7.11 Å². The second kappa shape index (κ2) is 11.9. The molecule has 0 saturated carbocycles. The van der Waals surface area contributed by atoms with Gasteiger partial charge in [0.25, 0.3) is 5.91 Å². The van der Waals surface area contributed by atoms with Crippen molar-refractivity contribution in [2.75, 3.05) is 53.7 Å². The summed E-state index contributed by atoms with van der Waals surface area (Å²) in [5, 5.41) is 3.41. The molecule has 1 fully saturated rings. The summed E-state index contributed by atoms with van der Waals surface area (Å²) in [6.45, 7) is 5.92. The van der Waals surface area contributed by atoms with E-state index in [9.17, 15) is 4.79 Å². The zero-order valence-corrected chi connectivity index (χ0v) is 19.6. The molecule has 8 heteroatoms. The lowest BCUT2D eigenvalue weighted by Crippen LogP contribution is -2.43. The smallest absolute Gasteiger partial charge is 0.251 e. The van der Waals surface area contributed by atoms with Gasteiger partial charge in [0.15, 0.2) is 11.5 Å². The van der Waals surface area contributed by atoms with Crippen LogP contribution in [-0.4, -0.2) is 64.5 Å². The van der Waals surface area contributed by atoms with Crippen LogP contribution in [0.1, 0.15) is 35.3 Å². The van der Waals surface area contributed by atoms with Crippen LogP contribution in [0.15, 0.2) is 36.4 Å². The Labute approximate surface area is 194 Å². The number of halogens is 1. The van der Waals surface area contributed by atoms with Gasteiger partial charge >= 0.3 is 0 Å². The van der Waals surface area contributed by atoms with Crippen LogP contribution >= 0.6 is 11.6 Å². The summed E-state index contributed by atoms with van der Waals surface area (Å²) in [7, 11) is 3.18. The third-order valence-electron chi connectivity index (χ3n) is 5.39. The fourth-order valence-corrected chi connectivity index (χ4v) is 3.92. The molecule has 1 N–H and O–H groups in total. The maximum atomic E-state index is 13.0. The first kappa shape index (κ1) is 24.2. The SMILES string of the molecule is CCCOc1c(Cl)cc(C(=O)NCC(c2ccc(OC)cc2)N2CCOCC2)cc1OC. The lowest BCUT2D eigenvalue weighted by atomic mass is 10.0. The largest absolute Gasteiger partial charge is 0.497 e. The predicted octanol–water partition coefficient (Wildman–Crippen LogP) is 3.95. The van der Waals surface area contributed by atoms with Crippen molar-refractivity contribution in [3.05, 3.63) is 52.5 Å². The maximum Gasteiger partial charge on any atom is 0.251 e. The average molecular weight is 463 g/mol. The molecule has 0 radical (unpaired) electrons. The summed E-state index contributed by atoms with van der Waals surface area (Å²) in [5.74, 6) is 1.47. The van der Waals surface area contributed by atoms with Crippen LogP contribution in [0.2, 0.25) is 5.02 Å². The molecule has 1 saturated heterocycles. The standard InChI is InChI=1S/C24H31ClN2O5/c1-4-11-32-23-20(25)14-18(15-22(23)30-3)24(28)26-16-21(27-9-12-31-13-10-27)17-5-7-19(29-2)8-6-17/h5-8,14-15,21H,4,9-13,16H2,1-3H3,(H,26,28). The number of methoxy groups -OCH3 is 2. The highest BCUT2D eigenvalue weighted by Gasteiger charge is 2.24. The van der Waals surface area contributed by atoms with Gasteiger partial charge in [0.2, 0.25) is 0 Å². The lowest BCUT2D eigenvalue weighted by Gasteiger charge is -2.35. The molecule has 1 amide bonds. The molecule has 2 aromatic carbocycles. The fourth-order valence-electron chi connectivity index (χ4n) is 3.66. The zero-order valence-electron chi connectivity index (χ0n) is 18.9. The highest BCUT2D eigenvalue weighted by molar-refractivity contribution is 6.32. The number of hydrogen-bond donors (Lipinski definition) is 1. The number of carbonyl (C=O) groups excluding carboxylic acids is 1. The Morgan fingerprint density at radius 1 is 1.16 bits per heavy atom. The maximum absolute atomic E-state index is 13.0. The minimum absolute atomic E-state index is 0.0123. The van der Waals surface area contributed by atoms with Gasteiger partial charge < -0.3 is 24.3 Å². The van der Waals surface area contributed by atoms with Crippen LogP contribution in [0, 0.1) is 0 Å². The van der Waals surface area contributed by atoms with Gasteiger partial charge in [0.05, 0.1) is 45.1 Å². The van der Waals surface area contributed by atoms with Gasteiger partial charge in [-0.2, -0.15) is 0 Å². The number of nitrogens with zero attached hydrogens (tertiary/aromatic N) is 1. The number of benzene rings is 2. The molecule has 0 aromatic heterocycles. The molecule has 1 unspecified atom stereocenters. The first-order chi connectivity index (χ1) is 15.6. The average Bonchev–Trinajstić information content (AvgIpc) is 2.83. The third-order valence-corrected chi connectivity index (χ3v) is 5.67. The molecule has 3 rings (SSSR count). The number of nitrogens with one attached hydrogen (secondary N) is 1. The monoisotopic (exact) mass is 462 g/mol. The van der Waals surface area contributed by atoms with Crippen molar-refractivity contribution in [1.29, 1.82) is 0 Å². The van der Waals surface area contributed by atoms with E-state index in [0.29, 0.717) is 48.5 Å². The fraction of sp³-hybridized carbons (Fsp3) is 0.458. The Balaban J connectivity index is 1.76. The number of rotatable bonds is 10. The molecular formula is C24H31ClN2O5. The van der Waals surface area contributed by atoms with Gasteiger partial charge in [-0.05, 0) is 36.2 Å². The topological polar surface area (TPSA) is 69.3 Å². The molecule has 0 aliphatic carbocycles. The normalized spacial score (nSPS) is 15.1. The van der Waals surface area contributed by atoms with Gasteiger partial charge in [0.1, 0.15) is 5.75 Å². The van der Waals surface area contributed by atoms with Gasteiger partial charge in [-0.3, -0.25) is 9.69 Å². The number of morpholine rings is 1. The van der Waals surface area contributed by atoms with Crippen LogP contribution in [0.25, 0.3) is 0 Å². The summed E-state index contributed by atoms with van der Waals surface area (Å²) in [4.78, 5) is 15.3. The highest BCUT2D eigenvalue weighted by atomic mass is 35.5. The third kappa shape index (κ3) is 6.06. The Kier molecular flexibility index (Phi) is 9.02. The molecule has 1 heterocycles. The van der Waals surface area contributed by atoms with Gasteiger partial charge in [-0.25, -0.2) is 0 Å². The second-order valence-corrected chi connectivity index (χ2v) is 7.89. The second-order valence-electron chi connectivity index (χ2n) is 7.49.